The molecule has 0 aromatic heterocycles. The lowest BCUT2D eigenvalue weighted by atomic mass is 10.2. The van der Waals surface area contributed by atoms with E-state index >= 15 is 0 Å². The number of amides is 1. The molecule has 1 amide bonds. The third-order valence-corrected chi connectivity index (χ3v) is 5.56. The zero-order valence-electron chi connectivity index (χ0n) is 16.3. The van der Waals surface area contributed by atoms with Crippen molar-refractivity contribution in [3.63, 3.8) is 0 Å². The SMILES string of the molecule is O=C(CCCOc1cccc(F)c1)Nc1ccccc1NS(=O)(=O)c1ccc(F)cc1. The van der Waals surface area contributed by atoms with E-state index in [4.69, 9.17) is 4.74 Å². The average molecular weight is 446 g/mol. The molecule has 0 bridgehead atoms. The van der Waals surface area contributed by atoms with Crippen LogP contribution in [0.2, 0.25) is 0 Å². The maximum atomic E-state index is 13.1. The first-order valence-electron chi connectivity index (χ1n) is 9.39. The second kappa shape index (κ2) is 10.0. The molecular formula is C22H20F2N2O4S. The molecule has 0 unspecified atom stereocenters. The minimum Gasteiger partial charge on any atom is -0.493 e. The van der Waals surface area contributed by atoms with Crippen molar-refractivity contribution >= 4 is 27.3 Å². The molecule has 0 heterocycles. The van der Waals surface area contributed by atoms with Crippen molar-refractivity contribution < 1.29 is 26.7 Å². The Labute approximate surface area is 178 Å². The molecule has 9 heteroatoms. The van der Waals surface area contributed by atoms with Crippen molar-refractivity contribution in [1.29, 1.82) is 0 Å². The second-order valence-electron chi connectivity index (χ2n) is 6.56. The van der Waals surface area contributed by atoms with E-state index in [-0.39, 0.29) is 35.2 Å². The van der Waals surface area contributed by atoms with Gasteiger partial charge in [-0.05, 0) is 55.0 Å². The predicted octanol–water partition coefficient (Wildman–Crippen LogP) is 4.56. The monoisotopic (exact) mass is 446 g/mol. The van der Waals surface area contributed by atoms with Crippen LogP contribution in [-0.2, 0) is 14.8 Å². The van der Waals surface area contributed by atoms with Gasteiger partial charge in [-0.3, -0.25) is 9.52 Å². The largest absolute Gasteiger partial charge is 0.493 e. The summed E-state index contributed by atoms with van der Waals surface area (Å²) in [5, 5.41) is 2.66. The van der Waals surface area contributed by atoms with Gasteiger partial charge in [-0.2, -0.15) is 0 Å². The number of nitrogens with one attached hydrogen (secondary N) is 2. The molecule has 3 rings (SSSR count). The van der Waals surface area contributed by atoms with E-state index in [2.05, 4.69) is 10.0 Å². The molecule has 0 aliphatic rings. The minimum atomic E-state index is -3.96. The fourth-order valence-corrected chi connectivity index (χ4v) is 3.77. The highest BCUT2D eigenvalue weighted by Gasteiger charge is 2.17. The third-order valence-electron chi connectivity index (χ3n) is 4.18. The van der Waals surface area contributed by atoms with E-state index < -0.39 is 21.7 Å². The maximum Gasteiger partial charge on any atom is 0.261 e. The Morgan fingerprint density at radius 1 is 0.871 bits per heavy atom. The number of hydrogen-bond acceptors (Lipinski definition) is 4. The Bertz CT molecular complexity index is 1150. The normalized spacial score (nSPS) is 11.0. The van der Waals surface area contributed by atoms with E-state index in [1.54, 1.807) is 24.3 Å². The molecule has 0 fully saturated rings. The summed E-state index contributed by atoms with van der Waals surface area (Å²) in [5.74, 6) is -0.917. The summed E-state index contributed by atoms with van der Waals surface area (Å²) in [5.41, 5.74) is 0.459. The van der Waals surface area contributed by atoms with Gasteiger partial charge in [-0.25, -0.2) is 17.2 Å². The first kappa shape index (κ1) is 22.2. The quantitative estimate of drug-likeness (QED) is 0.472. The Kier molecular flexibility index (Phi) is 7.19. The van der Waals surface area contributed by atoms with Gasteiger partial charge < -0.3 is 10.1 Å². The number of carbonyl (C=O) groups excluding carboxylic acids is 1. The Balaban J connectivity index is 1.57. The minimum absolute atomic E-state index is 0.107. The number of ether oxygens (including phenoxy) is 1. The van der Waals surface area contributed by atoms with Gasteiger partial charge in [0, 0.05) is 12.5 Å². The van der Waals surface area contributed by atoms with E-state index in [0.29, 0.717) is 12.2 Å². The number of hydrogen-bond donors (Lipinski definition) is 2. The molecule has 0 aliphatic heterocycles. The molecule has 6 nitrogen and oxygen atoms in total. The molecule has 31 heavy (non-hydrogen) atoms. The number of benzene rings is 3. The smallest absolute Gasteiger partial charge is 0.261 e. The Morgan fingerprint density at radius 2 is 1.58 bits per heavy atom. The number of carbonyl (C=O) groups is 1. The Morgan fingerprint density at radius 3 is 2.29 bits per heavy atom. The Hall–Kier alpha value is -3.46. The predicted molar refractivity (Wildman–Crippen MR) is 113 cm³/mol. The van der Waals surface area contributed by atoms with E-state index in [1.165, 1.54) is 24.3 Å². The summed E-state index contributed by atoms with van der Waals surface area (Å²) in [6.07, 6.45) is 0.500. The first-order valence-corrected chi connectivity index (χ1v) is 10.9. The molecule has 0 radical (unpaired) electrons. The summed E-state index contributed by atoms with van der Waals surface area (Å²) in [6.45, 7) is 0.218. The van der Waals surface area contributed by atoms with E-state index in [1.807, 2.05) is 0 Å². The topological polar surface area (TPSA) is 84.5 Å². The van der Waals surface area contributed by atoms with Crippen molar-refractivity contribution in [2.24, 2.45) is 0 Å². The molecule has 2 N–H and O–H groups in total. The van der Waals surface area contributed by atoms with E-state index in [9.17, 15) is 22.0 Å². The van der Waals surface area contributed by atoms with Crippen LogP contribution < -0.4 is 14.8 Å². The third kappa shape index (κ3) is 6.51. The van der Waals surface area contributed by atoms with Crippen LogP contribution in [0.3, 0.4) is 0 Å². The van der Waals surface area contributed by atoms with Crippen LogP contribution in [0, 0.1) is 11.6 Å². The van der Waals surface area contributed by atoms with Gasteiger partial charge in [0.25, 0.3) is 10.0 Å². The van der Waals surface area contributed by atoms with Crippen LogP contribution in [0.25, 0.3) is 0 Å². The van der Waals surface area contributed by atoms with Crippen LogP contribution in [0.4, 0.5) is 20.2 Å². The molecule has 0 aliphatic carbocycles. The molecule has 0 saturated carbocycles. The molecule has 0 saturated heterocycles. The molecule has 162 valence electrons. The number of sulfonamides is 1. The van der Waals surface area contributed by atoms with Gasteiger partial charge in [0.1, 0.15) is 17.4 Å². The lowest BCUT2D eigenvalue weighted by Gasteiger charge is -2.14. The number of rotatable bonds is 9. The fourth-order valence-electron chi connectivity index (χ4n) is 2.69. The number of halogens is 2. The van der Waals surface area contributed by atoms with Crippen molar-refractivity contribution in [3.05, 3.63) is 84.4 Å². The van der Waals surface area contributed by atoms with Crippen molar-refractivity contribution in [1.82, 2.24) is 0 Å². The molecule has 3 aromatic carbocycles. The van der Waals surface area contributed by atoms with Gasteiger partial charge in [0.05, 0.1) is 22.9 Å². The number of anilines is 2. The average Bonchev–Trinajstić information content (AvgIpc) is 2.73. The van der Waals surface area contributed by atoms with Gasteiger partial charge in [-0.1, -0.05) is 18.2 Å². The van der Waals surface area contributed by atoms with Crippen LogP contribution in [-0.4, -0.2) is 20.9 Å². The van der Waals surface area contributed by atoms with Gasteiger partial charge in [0.2, 0.25) is 5.91 Å². The highest BCUT2D eigenvalue weighted by Crippen LogP contribution is 2.25. The van der Waals surface area contributed by atoms with Gasteiger partial charge >= 0.3 is 0 Å². The molecule has 0 spiro atoms. The first-order chi connectivity index (χ1) is 14.8. The lowest BCUT2D eigenvalue weighted by molar-refractivity contribution is -0.116. The highest BCUT2D eigenvalue weighted by molar-refractivity contribution is 7.92. The summed E-state index contributed by atoms with van der Waals surface area (Å²) in [6, 6.07) is 16.4. The van der Waals surface area contributed by atoms with Gasteiger partial charge in [0.15, 0.2) is 0 Å². The zero-order valence-corrected chi connectivity index (χ0v) is 17.2. The zero-order chi connectivity index (χ0) is 22.3. The summed E-state index contributed by atoms with van der Waals surface area (Å²) >= 11 is 0. The van der Waals surface area contributed by atoms with Gasteiger partial charge in [-0.15, -0.1) is 0 Å². The maximum absolute atomic E-state index is 13.1. The van der Waals surface area contributed by atoms with Crippen LogP contribution in [0.5, 0.6) is 5.75 Å². The van der Waals surface area contributed by atoms with Crippen LogP contribution in [0.15, 0.2) is 77.7 Å². The van der Waals surface area contributed by atoms with E-state index in [0.717, 1.165) is 24.3 Å². The molecule has 0 atom stereocenters. The van der Waals surface area contributed by atoms with Crippen LogP contribution >= 0.6 is 0 Å². The number of para-hydroxylation sites is 2. The lowest BCUT2D eigenvalue weighted by Crippen LogP contribution is -2.17. The van der Waals surface area contributed by atoms with Crippen molar-refractivity contribution in [2.75, 3.05) is 16.6 Å². The summed E-state index contributed by atoms with van der Waals surface area (Å²) in [4.78, 5) is 12.2. The van der Waals surface area contributed by atoms with Crippen LogP contribution in [0.1, 0.15) is 12.8 Å². The van der Waals surface area contributed by atoms with Crippen molar-refractivity contribution in [3.8, 4) is 5.75 Å². The highest BCUT2D eigenvalue weighted by atomic mass is 32.2. The van der Waals surface area contributed by atoms with Crippen molar-refractivity contribution in [2.45, 2.75) is 17.7 Å². The molecular weight excluding hydrogens is 426 g/mol. The fraction of sp³-hybridized carbons (Fsp3) is 0.136. The second-order valence-corrected chi connectivity index (χ2v) is 8.24. The summed E-state index contributed by atoms with van der Waals surface area (Å²) < 4.78 is 59.0. The standard InChI is InChI=1S/C22H20F2N2O4S/c23-16-10-12-19(13-11-16)31(28,29)26-21-8-2-1-7-20(21)25-22(27)9-4-14-30-18-6-3-5-17(24)15-18/h1-3,5-8,10-13,15,26H,4,9,14H2,(H,25,27). The summed E-state index contributed by atoms with van der Waals surface area (Å²) in [7, 11) is -3.96. The molecule has 3 aromatic rings.